The van der Waals surface area contributed by atoms with Gasteiger partial charge in [0.15, 0.2) is 0 Å². The summed E-state index contributed by atoms with van der Waals surface area (Å²) in [4.78, 5) is 19.1. The molecule has 0 aliphatic rings. The Morgan fingerprint density at radius 3 is 2.62 bits per heavy atom. The molecule has 0 amide bonds. The van der Waals surface area contributed by atoms with E-state index in [-0.39, 0.29) is 5.56 Å². The third kappa shape index (κ3) is 5.16. The van der Waals surface area contributed by atoms with E-state index in [4.69, 9.17) is 0 Å². The lowest BCUT2D eigenvalue weighted by molar-refractivity contribution is 0.547. The van der Waals surface area contributed by atoms with Crippen molar-refractivity contribution < 1.29 is 0 Å². The van der Waals surface area contributed by atoms with Crippen molar-refractivity contribution in [3.63, 3.8) is 0 Å². The quantitative estimate of drug-likeness (QED) is 0.857. The number of aromatic nitrogens is 2. The van der Waals surface area contributed by atoms with E-state index in [1.165, 1.54) is 5.56 Å². The fraction of sp³-hybridized carbons (Fsp3) is 0.412. The molecule has 4 heteroatoms. The second-order valence-electron chi connectivity index (χ2n) is 5.87. The summed E-state index contributed by atoms with van der Waals surface area (Å²) in [5.74, 6) is 1.30. The van der Waals surface area contributed by atoms with Crippen molar-refractivity contribution in [2.45, 2.75) is 33.7 Å². The van der Waals surface area contributed by atoms with Gasteiger partial charge in [-0.05, 0) is 24.9 Å². The molecule has 0 aliphatic heterocycles. The Morgan fingerprint density at radius 1 is 1.24 bits per heavy atom. The van der Waals surface area contributed by atoms with Crippen LogP contribution in [0.5, 0.6) is 0 Å². The molecule has 0 radical (unpaired) electrons. The van der Waals surface area contributed by atoms with Crippen molar-refractivity contribution in [2.75, 3.05) is 6.54 Å². The number of nitrogens with one attached hydrogen (secondary N) is 2. The van der Waals surface area contributed by atoms with Gasteiger partial charge in [-0.3, -0.25) is 4.79 Å². The highest BCUT2D eigenvalue weighted by molar-refractivity contribution is 5.24. The molecule has 2 aromatic rings. The van der Waals surface area contributed by atoms with Crippen LogP contribution in [0.3, 0.4) is 0 Å². The molecular formula is C17H23N3O. The maximum atomic E-state index is 11.7. The topological polar surface area (TPSA) is 57.8 Å². The van der Waals surface area contributed by atoms with E-state index in [1.54, 1.807) is 6.07 Å². The van der Waals surface area contributed by atoms with Crippen LogP contribution in [0.15, 0.2) is 35.1 Å². The van der Waals surface area contributed by atoms with Crippen LogP contribution in [0, 0.1) is 12.8 Å². The Balaban J connectivity index is 2.07. The van der Waals surface area contributed by atoms with Gasteiger partial charge in [-0.15, -0.1) is 0 Å². The zero-order valence-corrected chi connectivity index (χ0v) is 12.9. The fourth-order valence-corrected chi connectivity index (χ4v) is 2.13. The van der Waals surface area contributed by atoms with Gasteiger partial charge in [-0.25, -0.2) is 4.98 Å². The van der Waals surface area contributed by atoms with Crippen LogP contribution < -0.4 is 10.9 Å². The Morgan fingerprint density at radius 2 is 1.95 bits per heavy atom. The standard InChI is InChI=1S/C17H23N3O/c1-12(2)10-18-11-15-9-17(21)20-16(19-15)8-14-6-4-13(3)5-7-14/h4-7,9,12,18H,8,10-11H2,1-3H3,(H,19,20,21). The molecule has 0 unspecified atom stereocenters. The molecule has 1 heterocycles. The first kappa shape index (κ1) is 15.4. The van der Waals surface area contributed by atoms with E-state index in [0.29, 0.717) is 24.7 Å². The van der Waals surface area contributed by atoms with E-state index in [9.17, 15) is 4.79 Å². The molecule has 0 saturated carbocycles. The molecule has 112 valence electrons. The molecule has 4 nitrogen and oxygen atoms in total. The van der Waals surface area contributed by atoms with Gasteiger partial charge < -0.3 is 10.3 Å². The van der Waals surface area contributed by atoms with Crippen LogP contribution in [0.25, 0.3) is 0 Å². The lowest BCUT2D eigenvalue weighted by atomic mass is 10.1. The first-order valence-corrected chi connectivity index (χ1v) is 7.38. The van der Waals surface area contributed by atoms with Gasteiger partial charge in [0.2, 0.25) is 0 Å². The summed E-state index contributed by atoms with van der Waals surface area (Å²) >= 11 is 0. The molecule has 1 aromatic carbocycles. The van der Waals surface area contributed by atoms with Gasteiger partial charge in [0.25, 0.3) is 5.56 Å². The van der Waals surface area contributed by atoms with E-state index in [1.807, 2.05) is 0 Å². The van der Waals surface area contributed by atoms with Crippen LogP contribution in [0.4, 0.5) is 0 Å². The zero-order valence-electron chi connectivity index (χ0n) is 12.9. The van der Waals surface area contributed by atoms with E-state index in [2.05, 4.69) is 60.3 Å². The second kappa shape index (κ2) is 7.18. The minimum Gasteiger partial charge on any atom is -0.311 e. The molecule has 21 heavy (non-hydrogen) atoms. The predicted octanol–water partition coefficient (Wildman–Crippen LogP) is 2.41. The van der Waals surface area contributed by atoms with Crippen LogP contribution in [0.1, 0.15) is 36.5 Å². The lowest BCUT2D eigenvalue weighted by Crippen LogP contribution is -2.22. The minimum atomic E-state index is -0.0894. The Hall–Kier alpha value is -1.94. The summed E-state index contributed by atoms with van der Waals surface area (Å²) in [5, 5.41) is 3.31. The molecular weight excluding hydrogens is 262 g/mol. The number of nitrogens with zero attached hydrogens (tertiary/aromatic N) is 1. The van der Waals surface area contributed by atoms with E-state index in [0.717, 1.165) is 17.8 Å². The molecule has 0 bridgehead atoms. The summed E-state index contributed by atoms with van der Waals surface area (Å²) in [5.41, 5.74) is 3.08. The first-order valence-electron chi connectivity index (χ1n) is 7.38. The Bertz CT molecular complexity index is 629. The molecule has 1 aromatic heterocycles. The lowest BCUT2D eigenvalue weighted by Gasteiger charge is -2.08. The number of rotatable bonds is 6. The maximum Gasteiger partial charge on any atom is 0.251 e. The van der Waals surface area contributed by atoms with Crippen molar-refractivity contribution >= 4 is 0 Å². The first-order chi connectivity index (χ1) is 10.0. The molecule has 0 spiro atoms. The van der Waals surface area contributed by atoms with Crippen molar-refractivity contribution in [2.24, 2.45) is 5.92 Å². The number of hydrogen-bond donors (Lipinski definition) is 2. The van der Waals surface area contributed by atoms with Gasteiger partial charge >= 0.3 is 0 Å². The Kier molecular flexibility index (Phi) is 5.28. The smallest absolute Gasteiger partial charge is 0.251 e. The summed E-state index contributed by atoms with van der Waals surface area (Å²) in [6.45, 7) is 7.91. The minimum absolute atomic E-state index is 0.0894. The van der Waals surface area contributed by atoms with Crippen molar-refractivity contribution in [1.29, 1.82) is 0 Å². The maximum absolute atomic E-state index is 11.7. The number of aromatic amines is 1. The highest BCUT2D eigenvalue weighted by Gasteiger charge is 2.03. The van der Waals surface area contributed by atoms with Gasteiger partial charge in [0.1, 0.15) is 5.82 Å². The molecule has 0 aliphatic carbocycles. The van der Waals surface area contributed by atoms with E-state index < -0.39 is 0 Å². The SMILES string of the molecule is Cc1ccc(Cc2nc(CNCC(C)C)cc(=O)[nH]2)cc1. The fourth-order valence-electron chi connectivity index (χ4n) is 2.13. The van der Waals surface area contributed by atoms with Crippen LogP contribution >= 0.6 is 0 Å². The largest absolute Gasteiger partial charge is 0.311 e. The number of hydrogen-bond acceptors (Lipinski definition) is 3. The van der Waals surface area contributed by atoms with Crippen molar-refractivity contribution in [3.8, 4) is 0 Å². The van der Waals surface area contributed by atoms with Crippen LogP contribution in [-0.2, 0) is 13.0 Å². The second-order valence-corrected chi connectivity index (χ2v) is 5.87. The highest BCUT2D eigenvalue weighted by Crippen LogP contribution is 2.07. The average Bonchev–Trinajstić information content (AvgIpc) is 2.40. The molecule has 2 N–H and O–H groups in total. The summed E-state index contributed by atoms with van der Waals surface area (Å²) in [7, 11) is 0. The zero-order chi connectivity index (χ0) is 15.2. The number of aryl methyl sites for hydroxylation is 1. The third-order valence-corrected chi connectivity index (χ3v) is 3.19. The van der Waals surface area contributed by atoms with Crippen LogP contribution in [0.2, 0.25) is 0 Å². The monoisotopic (exact) mass is 285 g/mol. The Labute approximate surface area is 125 Å². The average molecular weight is 285 g/mol. The van der Waals surface area contributed by atoms with Crippen molar-refractivity contribution in [1.82, 2.24) is 15.3 Å². The van der Waals surface area contributed by atoms with Gasteiger partial charge in [0, 0.05) is 19.0 Å². The summed E-state index contributed by atoms with van der Waals surface area (Å²) in [6.07, 6.45) is 0.646. The molecule has 0 fully saturated rings. The normalized spacial score (nSPS) is 11.0. The van der Waals surface area contributed by atoms with Crippen molar-refractivity contribution in [3.05, 3.63) is 63.3 Å². The molecule has 2 rings (SSSR count). The highest BCUT2D eigenvalue weighted by atomic mass is 16.1. The number of H-pyrrole nitrogens is 1. The summed E-state index contributed by atoms with van der Waals surface area (Å²) in [6, 6.07) is 9.84. The van der Waals surface area contributed by atoms with Gasteiger partial charge in [0.05, 0.1) is 5.69 Å². The van der Waals surface area contributed by atoms with E-state index >= 15 is 0 Å². The number of benzene rings is 1. The van der Waals surface area contributed by atoms with Gasteiger partial charge in [-0.2, -0.15) is 0 Å². The summed E-state index contributed by atoms with van der Waals surface area (Å²) < 4.78 is 0. The molecule has 0 atom stereocenters. The van der Waals surface area contributed by atoms with Crippen LogP contribution in [-0.4, -0.2) is 16.5 Å². The molecule has 0 saturated heterocycles. The van der Waals surface area contributed by atoms with Gasteiger partial charge in [-0.1, -0.05) is 43.7 Å². The third-order valence-electron chi connectivity index (χ3n) is 3.19. The predicted molar refractivity (Wildman–Crippen MR) is 85.4 cm³/mol.